The lowest BCUT2D eigenvalue weighted by Crippen LogP contribution is -2.44. The maximum absolute atomic E-state index is 11.3. The van der Waals surface area contributed by atoms with Crippen molar-refractivity contribution in [2.24, 2.45) is 11.8 Å². The van der Waals surface area contributed by atoms with Gasteiger partial charge in [0.05, 0.1) is 6.04 Å². The predicted molar refractivity (Wildman–Crippen MR) is 64.1 cm³/mol. The minimum Gasteiger partial charge on any atom is -0.396 e. The van der Waals surface area contributed by atoms with Gasteiger partial charge in [-0.2, -0.15) is 0 Å². The van der Waals surface area contributed by atoms with Crippen molar-refractivity contribution >= 4 is 5.91 Å². The first kappa shape index (κ1) is 13.5. The number of hydrogen-bond acceptors (Lipinski definition) is 3. The van der Waals surface area contributed by atoms with Gasteiger partial charge in [0.15, 0.2) is 0 Å². The maximum atomic E-state index is 11.3. The highest BCUT2D eigenvalue weighted by Gasteiger charge is 2.25. The summed E-state index contributed by atoms with van der Waals surface area (Å²) in [5, 5.41) is 15.1. The lowest BCUT2D eigenvalue weighted by atomic mass is 9.79. The Balaban J connectivity index is 2.32. The quantitative estimate of drug-likeness (QED) is 0.642. The molecule has 1 aliphatic rings. The molecule has 3 atom stereocenters. The lowest BCUT2D eigenvalue weighted by Gasteiger charge is -2.31. The average Bonchev–Trinajstić information content (AvgIpc) is 2.35. The van der Waals surface area contributed by atoms with E-state index in [0.29, 0.717) is 11.8 Å². The summed E-state index contributed by atoms with van der Waals surface area (Å²) in [4.78, 5) is 11.3. The first-order chi connectivity index (χ1) is 7.69. The fourth-order valence-corrected chi connectivity index (χ4v) is 2.43. The van der Waals surface area contributed by atoms with E-state index in [4.69, 9.17) is 0 Å². The predicted octanol–water partition coefficient (Wildman–Crippen LogP) is 0.509. The molecule has 0 bridgehead atoms. The van der Waals surface area contributed by atoms with Crippen LogP contribution in [-0.4, -0.2) is 37.3 Å². The number of carbonyl (C=O) groups excluding carboxylic acids is 1. The fourth-order valence-electron chi connectivity index (χ4n) is 2.43. The molecule has 1 fully saturated rings. The number of nitrogens with one attached hydrogen (secondary N) is 2. The minimum absolute atomic E-state index is 0.0244. The highest BCUT2D eigenvalue weighted by atomic mass is 16.3. The van der Waals surface area contributed by atoms with Crippen LogP contribution in [0.1, 0.15) is 32.6 Å². The summed E-state index contributed by atoms with van der Waals surface area (Å²) in [5.41, 5.74) is 0. The molecule has 94 valence electrons. The smallest absolute Gasteiger partial charge is 0.236 e. The van der Waals surface area contributed by atoms with Crippen LogP contribution in [0.15, 0.2) is 0 Å². The first-order valence-electron chi connectivity index (χ1n) is 6.24. The lowest BCUT2D eigenvalue weighted by molar-refractivity contribution is -0.122. The van der Waals surface area contributed by atoms with E-state index in [0.717, 1.165) is 13.0 Å². The van der Waals surface area contributed by atoms with Gasteiger partial charge in [0.25, 0.3) is 0 Å². The Labute approximate surface area is 97.8 Å². The number of hydrogen-bond donors (Lipinski definition) is 3. The Morgan fingerprint density at radius 3 is 2.56 bits per heavy atom. The van der Waals surface area contributed by atoms with Gasteiger partial charge >= 0.3 is 0 Å². The van der Waals surface area contributed by atoms with E-state index in [1.165, 1.54) is 19.3 Å². The summed E-state index contributed by atoms with van der Waals surface area (Å²) in [7, 11) is 1.65. The molecule has 0 spiro atoms. The largest absolute Gasteiger partial charge is 0.396 e. The van der Waals surface area contributed by atoms with Crippen LogP contribution in [-0.2, 0) is 4.79 Å². The first-order valence-corrected chi connectivity index (χ1v) is 6.24. The van der Waals surface area contributed by atoms with Gasteiger partial charge in [0.1, 0.15) is 0 Å². The molecule has 4 nitrogen and oxygen atoms in total. The molecule has 0 radical (unpaired) electrons. The number of likely N-dealkylation sites (N-methyl/N-ethyl adjacent to an activating group) is 1. The highest BCUT2D eigenvalue weighted by molar-refractivity contribution is 5.80. The molecule has 4 heteroatoms. The molecule has 0 aliphatic heterocycles. The van der Waals surface area contributed by atoms with Crippen molar-refractivity contribution in [3.63, 3.8) is 0 Å². The molecule has 3 unspecified atom stereocenters. The van der Waals surface area contributed by atoms with Crippen molar-refractivity contribution in [2.75, 3.05) is 20.2 Å². The highest BCUT2D eigenvalue weighted by Crippen LogP contribution is 2.29. The minimum atomic E-state index is -0.147. The maximum Gasteiger partial charge on any atom is 0.236 e. The number of aliphatic hydroxyl groups is 1. The zero-order valence-electron chi connectivity index (χ0n) is 10.3. The Kier molecular flexibility index (Phi) is 5.77. The number of aliphatic hydroxyl groups excluding tert-OH is 1. The Bertz CT molecular complexity index is 221. The normalized spacial score (nSPS) is 27.4. The van der Waals surface area contributed by atoms with E-state index in [-0.39, 0.29) is 18.6 Å². The van der Waals surface area contributed by atoms with Gasteiger partial charge in [-0.25, -0.2) is 0 Å². The molecule has 16 heavy (non-hydrogen) atoms. The van der Waals surface area contributed by atoms with Crippen LogP contribution in [0.5, 0.6) is 0 Å². The summed E-state index contributed by atoms with van der Waals surface area (Å²) in [6.45, 7) is 2.98. The second-order valence-corrected chi connectivity index (χ2v) is 4.73. The second-order valence-electron chi connectivity index (χ2n) is 4.73. The average molecular weight is 228 g/mol. The molecule has 1 saturated carbocycles. The number of amides is 1. The third-order valence-electron chi connectivity index (χ3n) is 3.63. The topological polar surface area (TPSA) is 61.4 Å². The van der Waals surface area contributed by atoms with Crippen molar-refractivity contribution in [2.45, 2.75) is 38.6 Å². The zero-order valence-corrected chi connectivity index (χ0v) is 10.3. The second kappa shape index (κ2) is 6.86. The Morgan fingerprint density at radius 2 is 2.00 bits per heavy atom. The van der Waals surface area contributed by atoms with E-state index in [9.17, 15) is 9.90 Å². The standard InChI is InChI=1S/C12H24N2O2/c1-9(12(16)13-2)14-7-10-5-3-4-6-11(10)8-15/h9-11,14-15H,3-8H2,1-2H3,(H,13,16). The van der Waals surface area contributed by atoms with Crippen LogP contribution < -0.4 is 10.6 Å². The van der Waals surface area contributed by atoms with Crippen molar-refractivity contribution in [1.29, 1.82) is 0 Å². The third-order valence-corrected chi connectivity index (χ3v) is 3.63. The zero-order chi connectivity index (χ0) is 12.0. The summed E-state index contributed by atoms with van der Waals surface area (Å²) in [6, 6.07) is -0.147. The molecule has 1 rings (SSSR count). The van der Waals surface area contributed by atoms with Crippen LogP contribution in [0, 0.1) is 11.8 Å². The molecule has 1 aliphatic carbocycles. The van der Waals surface area contributed by atoms with Crippen LogP contribution >= 0.6 is 0 Å². The van der Waals surface area contributed by atoms with Gasteiger partial charge in [0.2, 0.25) is 5.91 Å². The molecule has 0 aromatic carbocycles. The molecule has 0 saturated heterocycles. The molecule has 3 N–H and O–H groups in total. The van der Waals surface area contributed by atoms with Gasteiger partial charge in [0, 0.05) is 13.7 Å². The van der Waals surface area contributed by atoms with Crippen molar-refractivity contribution in [3.05, 3.63) is 0 Å². The fraction of sp³-hybridized carbons (Fsp3) is 0.917. The number of rotatable bonds is 5. The van der Waals surface area contributed by atoms with Crippen LogP contribution in [0.3, 0.4) is 0 Å². The Morgan fingerprint density at radius 1 is 1.38 bits per heavy atom. The monoisotopic (exact) mass is 228 g/mol. The van der Waals surface area contributed by atoms with Gasteiger partial charge in [-0.05, 0) is 38.1 Å². The van der Waals surface area contributed by atoms with Crippen LogP contribution in [0.4, 0.5) is 0 Å². The summed E-state index contributed by atoms with van der Waals surface area (Å²) < 4.78 is 0. The van der Waals surface area contributed by atoms with Crippen molar-refractivity contribution in [1.82, 2.24) is 10.6 Å². The SMILES string of the molecule is CNC(=O)C(C)NCC1CCCCC1CO. The van der Waals surface area contributed by atoms with Gasteiger partial charge in [-0.3, -0.25) is 4.79 Å². The summed E-state index contributed by atoms with van der Waals surface area (Å²) >= 11 is 0. The molecule has 1 amide bonds. The van der Waals surface area contributed by atoms with Crippen molar-refractivity contribution in [3.8, 4) is 0 Å². The number of carbonyl (C=O) groups is 1. The van der Waals surface area contributed by atoms with Gasteiger partial charge in [-0.15, -0.1) is 0 Å². The third kappa shape index (κ3) is 3.76. The molecule has 0 aromatic heterocycles. The molecule has 0 heterocycles. The van der Waals surface area contributed by atoms with Crippen molar-refractivity contribution < 1.29 is 9.90 Å². The van der Waals surface area contributed by atoms with Gasteiger partial charge in [-0.1, -0.05) is 12.8 Å². The summed E-state index contributed by atoms with van der Waals surface area (Å²) in [5.74, 6) is 0.959. The van der Waals surface area contributed by atoms with E-state index < -0.39 is 0 Å². The van der Waals surface area contributed by atoms with E-state index >= 15 is 0 Å². The molecular weight excluding hydrogens is 204 g/mol. The van der Waals surface area contributed by atoms with Gasteiger partial charge < -0.3 is 15.7 Å². The van der Waals surface area contributed by atoms with Crippen LogP contribution in [0.2, 0.25) is 0 Å². The van der Waals surface area contributed by atoms with E-state index in [1.807, 2.05) is 6.92 Å². The summed E-state index contributed by atoms with van der Waals surface area (Å²) in [6.07, 6.45) is 4.76. The van der Waals surface area contributed by atoms with E-state index in [1.54, 1.807) is 7.05 Å². The molecule has 0 aromatic rings. The molecular formula is C12H24N2O2. The van der Waals surface area contributed by atoms with E-state index in [2.05, 4.69) is 10.6 Å². The van der Waals surface area contributed by atoms with Crippen LogP contribution in [0.25, 0.3) is 0 Å². The Hall–Kier alpha value is -0.610.